The molecule has 2 aliphatic rings. The normalized spacial score (nSPS) is 23.3. The summed E-state index contributed by atoms with van der Waals surface area (Å²) in [5, 5.41) is 3.75. The molecular weight excluding hydrogens is 239 g/mol. The van der Waals surface area contributed by atoms with E-state index in [1.165, 1.54) is 32.1 Å². The van der Waals surface area contributed by atoms with Gasteiger partial charge in [0.2, 0.25) is 0 Å². The van der Waals surface area contributed by atoms with Crippen LogP contribution in [0.5, 0.6) is 0 Å². The first-order valence-electron chi connectivity index (χ1n) is 7.54. The number of hydrogen-bond donors (Lipinski definition) is 1. The van der Waals surface area contributed by atoms with Gasteiger partial charge in [-0.2, -0.15) is 0 Å². The molecule has 1 spiro atoms. The lowest BCUT2D eigenvalue weighted by atomic mass is 9.81. The van der Waals surface area contributed by atoms with Crippen LogP contribution < -0.4 is 10.2 Å². The third-order valence-electron chi connectivity index (χ3n) is 4.60. The molecule has 1 N–H and O–H groups in total. The van der Waals surface area contributed by atoms with E-state index in [9.17, 15) is 4.39 Å². The quantitative estimate of drug-likeness (QED) is 0.835. The van der Waals surface area contributed by atoms with Crippen LogP contribution in [0.15, 0.2) is 24.3 Å². The lowest BCUT2D eigenvalue weighted by Crippen LogP contribution is -2.52. The molecular formula is C16H23FN2. The minimum absolute atomic E-state index is 0.0876. The summed E-state index contributed by atoms with van der Waals surface area (Å²) in [6, 6.07) is 7.19. The average Bonchev–Trinajstić information content (AvgIpc) is 2.63. The maximum Gasteiger partial charge on any atom is 0.146 e. The van der Waals surface area contributed by atoms with Crippen molar-refractivity contribution in [1.82, 2.24) is 5.32 Å². The molecule has 0 unspecified atom stereocenters. The summed E-state index contributed by atoms with van der Waals surface area (Å²) in [5.41, 5.74) is 0.993. The van der Waals surface area contributed by atoms with Crippen LogP contribution in [-0.2, 0) is 0 Å². The second-order valence-electron chi connectivity index (χ2n) is 5.99. The largest absolute Gasteiger partial charge is 0.367 e. The van der Waals surface area contributed by atoms with Crippen LogP contribution in [0, 0.1) is 5.82 Å². The molecule has 0 atom stereocenters. The fraction of sp³-hybridized carbons (Fsp3) is 0.625. The number of nitrogens with zero attached hydrogens (tertiary/aromatic N) is 1. The van der Waals surface area contributed by atoms with Gasteiger partial charge >= 0.3 is 0 Å². The van der Waals surface area contributed by atoms with Gasteiger partial charge in [0, 0.05) is 18.6 Å². The predicted molar refractivity (Wildman–Crippen MR) is 77.0 cm³/mol. The van der Waals surface area contributed by atoms with Gasteiger partial charge in [-0.1, -0.05) is 31.4 Å². The highest BCUT2D eigenvalue weighted by Crippen LogP contribution is 2.32. The third kappa shape index (κ3) is 2.76. The molecule has 2 nitrogen and oxygen atoms in total. The van der Waals surface area contributed by atoms with Crippen molar-refractivity contribution in [3.05, 3.63) is 30.1 Å². The summed E-state index contributed by atoms with van der Waals surface area (Å²) in [5.74, 6) is -0.0876. The predicted octanol–water partition coefficient (Wildman–Crippen LogP) is 3.33. The molecule has 3 rings (SSSR count). The van der Waals surface area contributed by atoms with Gasteiger partial charge in [-0.3, -0.25) is 0 Å². The Balaban J connectivity index is 1.83. The van der Waals surface area contributed by atoms with Crippen LogP contribution in [0.3, 0.4) is 0 Å². The standard InChI is InChI=1S/C16H23FN2/c17-14-7-2-3-8-15(14)19-12-6-11-18-16(13-19)9-4-1-5-10-16/h2-3,7-8,18H,1,4-6,9-13H2. The van der Waals surface area contributed by atoms with Gasteiger partial charge < -0.3 is 10.2 Å². The van der Waals surface area contributed by atoms with E-state index < -0.39 is 0 Å². The molecule has 1 aliphatic carbocycles. The highest BCUT2D eigenvalue weighted by molar-refractivity contribution is 5.48. The van der Waals surface area contributed by atoms with Gasteiger partial charge in [-0.05, 0) is 37.9 Å². The first-order chi connectivity index (χ1) is 9.29. The van der Waals surface area contributed by atoms with E-state index in [-0.39, 0.29) is 11.4 Å². The van der Waals surface area contributed by atoms with Crippen molar-refractivity contribution in [2.45, 2.75) is 44.1 Å². The van der Waals surface area contributed by atoms with Gasteiger partial charge in [0.15, 0.2) is 0 Å². The van der Waals surface area contributed by atoms with Crippen LogP contribution in [0.25, 0.3) is 0 Å². The fourth-order valence-electron chi connectivity index (χ4n) is 3.60. The topological polar surface area (TPSA) is 15.3 Å². The van der Waals surface area contributed by atoms with Crippen molar-refractivity contribution >= 4 is 5.69 Å². The van der Waals surface area contributed by atoms with E-state index in [2.05, 4.69) is 10.2 Å². The van der Waals surface area contributed by atoms with Crippen LogP contribution in [0.1, 0.15) is 38.5 Å². The van der Waals surface area contributed by atoms with Gasteiger partial charge in [0.05, 0.1) is 5.69 Å². The summed E-state index contributed by atoms with van der Waals surface area (Å²) in [6.45, 7) is 2.97. The minimum Gasteiger partial charge on any atom is -0.367 e. The third-order valence-corrected chi connectivity index (χ3v) is 4.60. The molecule has 104 valence electrons. The Morgan fingerprint density at radius 3 is 2.63 bits per heavy atom. The van der Waals surface area contributed by atoms with E-state index in [0.29, 0.717) is 0 Å². The van der Waals surface area contributed by atoms with Crippen LogP contribution >= 0.6 is 0 Å². The Kier molecular flexibility index (Phi) is 3.74. The number of benzene rings is 1. The number of hydrogen-bond acceptors (Lipinski definition) is 2. The maximum atomic E-state index is 14.0. The summed E-state index contributed by atoms with van der Waals surface area (Å²) in [7, 11) is 0. The Bertz CT molecular complexity index is 427. The van der Waals surface area contributed by atoms with Crippen molar-refractivity contribution in [1.29, 1.82) is 0 Å². The molecule has 0 amide bonds. The zero-order chi connectivity index (χ0) is 13.1. The molecule has 1 aromatic rings. The molecule has 2 fully saturated rings. The highest BCUT2D eigenvalue weighted by atomic mass is 19.1. The van der Waals surface area contributed by atoms with Gasteiger partial charge in [0.1, 0.15) is 5.82 Å². The lowest BCUT2D eigenvalue weighted by molar-refractivity contribution is 0.246. The molecule has 3 heteroatoms. The Hall–Kier alpha value is -1.09. The van der Waals surface area contributed by atoms with Crippen LogP contribution in [0.2, 0.25) is 0 Å². The Labute approximate surface area is 115 Å². The second kappa shape index (κ2) is 5.49. The number of rotatable bonds is 1. The minimum atomic E-state index is -0.0876. The molecule has 1 aromatic carbocycles. The van der Waals surface area contributed by atoms with Crippen molar-refractivity contribution in [3.8, 4) is 0 Å². The summed E-state index contributed by atoms with van der Waals surface area (Å²) >= 11 is 0. The van der Waals surface area contributed by atoms with Gasteiger partial charge in [-0.25, -0.2) is 4.39 Å². The van der Waals surface area contributed by atoms with Gasteiger partial charge in [-0.15, -0.1) is 0 Å². The lowest BCUT2D eigenvalue weighted by Gasteiger charge is -2.40. The van der Waals surface area contributed by atoms with E-state index in [1.54, 1.807) is 12.1 Å². The van der Waals surface area contributed by atoms with Crippen molar-refractivity contribution in [2.75, 3.05) is 24.5 Å². The van der Waals surface area contributed by atoms with Gasteiger partial charge in [0.25, 0.3) is 0 Å². The molecule has 1 saturated carbocycles. The monoisotopic (exact) mass is 262 g/mol. The molecule has 1 saturated heterocycles. The Morgan fingerprint density at radius 1 is 1.05 bits per heavy atom. The molecule has 1 heterocycles. The summed E-state index contributed by atoms with van der Waals surface area (Å²) in [4.78, 5) is 2.25. The summed E-state index contributed by atoms with van der Waals surface area (Å²) < 4.78 is 14.0. The summed E-state index contributed by atoms with van der Waals surface area (Å²) in [6.07, 6.45) is 7.52. The zero-order valence-electron chi connectivity index (χ0n) is 11.5. The molecule has 0 aromatic heterocycles. The first kappa shape index (κ1) is 12.9. The zero-order valence-corrected chi connectivity index (χ0v) is 11.5. The first-order valence-corrected chi connectivity index (χ1v) is 7.54. The molecule has 0 radical (unpaired) electrons. The van der Waals surface area contributed by atoms with Crippen molar-refractivity contribution in [3.63, 3.8) is 0 Å². The average molecular weight is 262 g/mol. The SMILES string of the molecule is Fc1ccccc1N1CCCNC2(CCCCC2)C1. The van der Waals surface area contributed by atoms with E-state index in [1.807, 2.05) is 12.1 Å². The van der Waals surface area contributed by atoms with E-state index >= 15 is 0 Å². The second-order valence-corrected chi connectivity index (χ2v) is 5.99. The molecule has 0 bridgehead atoms. The number of halogens is 1. The molecule has 1 aliphatic heterocycles. The maximum absolute atomic E-state index is 14.0. The Morgan fingerprint density at radius 2 is 1.84 bits per heavy atom. The van der Waals surface area contributed by atoms with Crippen molar-refractivity contribution < 1.29 is 4.39 Å². The number of nitrogens with one attached hydrogen (secondary N) is 1. The fourth-order valence-corrected chi connectivity index (χ4v) is 3.60. The van der Waals surface area contributed by atoms with E-state index in [4.69, 9.17) is 0 Å². The highest BCUT2D eigenvalue weighted by Gasteiger charge is 2.35. The number of para-hydroxylation sites is 1. The smallest absolute Gasteiger partial charge is 0.146 e. The van der Waals surface area contributed by atoms with Crippen LogP contribution in [-0.4, -0.2) is 25.2 Å². The number of anilines is 1. The molecule has 19 heavy (non-hydrogen) atoms. The van der Waals surface area contributed by atoms with E-state index in [0.717, 1.165) is 31.7 Å². The van der Waals surface area contributed by atoms with Crippen molar-refractivity contribution in [2.24, 2.45) is 0 Å². The van der Waals surface area contributed by atoms with Crippen LogP contribution in [0.4, 0.5) is 10.1 Å².